The third kappa shape index (κ3) is 4.06. The minimum atomic E-state index is -0.494. The van der Waals surface area contributed by atoms with Crippen LogP contribution >= 0.6 is 0 Å². The van der Waals surface area contributed by atoms with Gasteiger partial charge in [-0.1, -0.05) is 19.3 Å². The fourth-order valence-electron chi connectivity index (χ4n) is 4.67. The smallest absolute Gasteiger partial charge is 0.223 e. The predicted molar refractivity (Wildman–Crippen MR) is 116 cm³/mol. The lowest BCUT2D eigenvalue weighted by Crippen LogP contribution is -2.38. The summed E-state index contributed by atoms with van der Waals surface area (Å²) in [5.74, 6) is 1.01. The molecule has 3 aromatic rings. The van der Waals surface area contributed by atoms with Crippen LogP contribution in [-0.4, -0.2) is 50.8 Å². The summed E-state index contributed by atoms with van der Waals surface area (Å²) in [6.07, 6.45) is 10.8. The molecule has 1 aliphatic heterocycles. The van der Waals surface area contributed by atoms with Crippen molar-refractivity contribution in [1.29, 1.82) is 0 Å². The lowest BCUT2D eigenvalue weighted by atomic mass is 9.86. The van der Waals surface area contributed by atoms with Crippen molar-refractivity contribution in [3.8, 4) is 17.1 Å². The van der Waals surface area contributed by atoms with Crippen LogP contribution in [0, 0.1) is 5.82 Å². The Morgan fingerprint density at radius 2 is 2.00 bits per heavy atom. The van der Waals surface area contributed by atoms with Crippen molar-refractivity contribution < 1.29 is 9.13 Å². The van der Waals surface area contributed by atoms with Crippen LogP contribution in [0.4, 0.5) is 10.3 Å². The highest BCUT2D eigenvalue weighted by Gasteiger charge is 2.24. The number of nitrogens with zero attached hydrogens (tertiary/aromatic N) is 5. The monoisotopic (exact) mass is 425 g/mol. The van der Waals surface area contributed by atoms with Gasteiger partial charge >= 0.3 is 0 Å². The van der Waals surface area contributed by atoms with Crippen molar-refractivity contribution in [3.63, 3.8) is 0 Å². The minimum absolute atomic E-state index is 0.195. The van der Waals surface area contributed by atoms with Gasteiger partial charge in [-0.25, -0.2) is 23.9 Å². The number of aromatic nitrogens is 5. The van der Waals surface area contributed by atoms with Crippen LogP contribution in [-0.2, 0) is 0 Å². The number of halogens is 1. The Hall–Kier alpha value is -2.81. The first-order valence-electron chi connectivity index (χ1n) is 11.2. The molecule has 1 aliphatic carbocycles. The van der Waals surface area contributed by atoms with Gasteiger partial charge in [0.15, 0.2) is 11.5 Å². The highest BCUT2D eigenvalue weighted by atomic mass is 19.1. The zero-order valence-corrected chi connectivity index (χ0v) is 17.8. The number of hydrogen-bond acceptors (Lipinski definition) is 7. The first-order valence-corrected chi connectivity index (χ1v) is 11.2. The number of rotatable bonds is 5. The van der Waals surface area contributed by atoms with E-state index in [2.05, 4.69) is 25.6 Å². The van der Waals surface area contributed by atoms with E-state index >= 15 is 0 Å². The number of hydrogen-bond donors (Lipinski definition) is 2. The molecule has 0 bridgehead atoms. The van der Waals surface area contributed by atoms with E-state index in [4.69, 9.17) is 9.84 Å². The van der Waals surface area contributed by atoms with Gasteiger partial charge < -0.3 is 15.4 Å². The summed E-state index contributed by atoms with van der Waals surface area (Å²) in [6, 6.07) is 2.11. The summed E-state index contributed by atoms with van der Waals surface area (Å²) >= 11 is 0. The molecule has 9 heteroatoms. The second-order valence-electron chi connectivity index (χ2n) is 8.42. The van der Waals surface area contributed by atoms with Crippen LogP contribution in [0.2, 0.25) is 0 Å². The molecule has 2 aliphatic rings. The number of imidazole rings is 1. The van der Waals surface area contributed by atoms with E-state index in [1.165, 1.54) is 25.5 Å². The van der Waals surface area contributed by atoms with E-state index in [1.807, 2.05) is 6.07 Å². The molecule has 8 nitrogen and oxygen atoms in total. The van der Waals surface area contributed by atoms with Gasteiger partial charge in [-0.15, -0.1) is 0 Å². The average Bonchev–Trinajstić information content (AvgIpc) is 3.23. The minimum Gasteiger partial charge on any atom is -0.495 e. The molecular weight excluding hydrogens is 397 g/mol. The fraction of sp³-hybridized carbons (Fsp3) is 0.545. The largest absolute Gasteiger partial charge is 0.495 e. The van der Waals surface area contributed by atoms with Gasteiger partial charge in [-0.3, -0.25) is 0 Å². The van der Waals surface area contributed by atoms with Crippen LogP contribution < -0.4 is 15.4 Å². The molecule has 1 saturated heterocycles. The van der Waals surface area contributed by atoms with Crippen LogP contribution in [0.15, 0.2) is 18.5 Å². The van der Waals surface area contributed by atoms with Crippen molar-refractivity contribution in [3.05, 3.63) is 30.0 Å². The zero-order chi connectivity index (χ0) is 21.2. The van der Waals surface area contributed by atoms with E-state index < -0.39 is 5.82 Å². The molecule has 31 heavy (non-hydrogen) atoms. The van der Waals surface area contributed by atoms with Crippen molar-refractivity contribution in [1.82, 2.24) is 29.9 Å². The number of methoxy groups -OCH3 is 1. The van der Waals surface area contributed by atoms with Crippen molar-refractivity contribution in [2.24, 2.45) is 0 Å². The molecule has 1 atom stereocenters. The van der Waals surface area contributed by atoms with Gasteiger partial charge in [0.2, 0.25) is 5.95 Å². The van der Waals surface area contributed by atoms with Gasteiger partial charge in [0.25, 0.3) is 0 Å². The molecule has 0 aromatic carbocycles. The molecule has 2 N–H and O–H groups in total. The fourth-order valence-corrected chi connectivity index (χ4v) is 4.67. The standard InChI is InChI=1S/C22H28FN7O/c1-31-18-10-19-25-13-17(30(19)29-20(18)14-6-3-2-4-7-14)21-16(23)12-26-22(28-21)27-15-8-5-9-24-11-15/h10,12-15,24H,2-9,11H2,1H3,(H,26,27,28)/t15-/m1/s1. The quantitative estimate of drug-likeness (QED) is 0.646. The van der Waals surface area contributed by atoms with E-state index in [0.717, 1.165) is 50.2 Å². The van der Waals surface area contributed by atoms with E-state index in [-0.39, 0.29) is 11.7 Å². The Kier molecular flexibility index (Phi) is 5.67. The number of ether oxygens (including phenoxy) is 1. The van der Waals surface area contributed by atoms with Crippen molar-refractivity contribution in [2.45, 2.75) is 56.9 Å². The summed E-state index contributed by atoms with van der Waals surface area (Å²) in [5.41, 5.74) is 2.23. The topological polar surface area (TPSA) is 89.3 Å². The Balaban J connectivity index is 1.52. The Bertz CT molecular complexity index is 1060. The van der Waals surface area contributed by atoms with E-state index in [9.17, 15) is 4.39 Å². The zero-order valence-electron chi connectivity index (χ0n) is 17.8. The molecule has 3 aromatic heterocycles. The molecule has 164 valence electrons. The SMILES string of the molecule is COc1cc2ncc(-c3nc(N[C@@H]4CCCNC4)ncc3F)n2nc1C1CCCCC1. The predicted octanol–water partition coefficient (Wildman–Crippen LogP) is 3.55. The summed E-state index contributed by atoms with van der Waals surface area (Å²) in [5, 5.41) is 11.5. The second kappa shape index (κ2) is 8.74. The van der Waals surface area contributed by atoms with Crippen LogP contribution in [0.3, 0.4) is 0 Å². The average molecular weight is 426 g/mol. The Labute approximate surface area is 180 Å². The van der Waals surface area contributed by atoms with Crippen LogP contribution in [0.25, 0.3) is 17.0 Å². The lowest BCUT2D eigenvalue weighted by Gasteiger charge is -2.24. The Morgan fingerprint density at radius 3 is 2.77 bits per heavy atom. The number of piperidine rings is 1. The third-order valence-electron chi connectivity index (χ3n) is 6.31. The van der Waals surface area contributed by atoms with Gasteiger partial charge in [0.1, 0.15) is 22.8 Å². The van der Waals surface area contributed by atoms with E-state index in [1.54, 1.807) is 17.8 Å². The van der Waals surface area contributed by atoms with Gasteiger partial charge in [-0.05, 0) is 32.2 Å². The number of fused-ring (bicyclic) bond motifs is 1. The maximum absolute atomic E-state index is 14.8. The molecule has 0 unspecified atom stereocenters. The van der Waals surface area contributed by atoms with Gasteiger partial charge in [-0.2, -0.15) is 5.10 Å². The summed E-state index contributed by atoms with van der Waals surface area (Å²) < 4.78 is 22.1. The van der Waals surface area contributed by atoms with Crippen LogP contribution in [0.1, 0.15) is 56.6 Å². The first-order chi connectivity index (χ1) is 15.2. The molecule has 4 heterocycles. The number of nitrogens with one attached hydrogen (secondary N) is 2. The molecular formula is C22H28FN7O. The van der Waals surface area contributed by atoms with Crippen molar-refractivity contribution in [2.75, 3.05) is 25.5 Å². The maximum Gasteiger partial charge on any atom is 0.223 e. The highest BCUT2D eigenvalue weighted by Crippen LogP contribution is 2.37. The van der Waals surface area contributed by atoms with Gasteiger partial charge in [0.05, 0.1) is 19.5 Å². The van der Waals surface area contributed by atoms with Crippen LogP contribution in [0.5, 0.6) is 5.75 Å². The molecule has 2 fully saturated rings. The molecule has 0 spiro atoms. The molecule has 5 rings (SSSR count). The summed E-state index contributed by atoms with van der Waals surface area (Å²) in [7, 11) is 1.66. The molecule has 0 amide bonds. The molecule has 1 saturated carbocycles. The molecule has 0 radical (unpaired) electrons. The second-order valence-corrected chi connectivity index (χ2v) is 8.42. The Morgan fingerprint density at radius 1 is 1.13 bits per heavy atom. The number of anilines is 1. The van der Waals surface area contributed by atoms with Gasteiger partial charge in [0, 0.05) is 24.6 Å². The summed E-state index contributed by atoms with van der Waals surface area (Å²) in [4.78, 5) is 13.1. The summed E-state index contributed by atoms with van der Waals surface area (Å²) in [6.45, 7) is 1.87. The third-order valence-corrected chi connectivity index (χ3v) is 6.31. The normalized spacial score (nSPS) is 20.1. The maximum atomic E-state index is 14.8. The van der Waals surface area contributed by atoms with E-state index in [0.29, 0.717) is 23.2 Å². The highest BCUT2D eigenvalue weighted by molar-refractivity contribution is 5.62. The van der Waals surface area contributed by atoms with Crippen molar-refractivity contribution >= 4 is 11.6 Å². The first kappa shape index (κ1) is 20.1. The lowest BCUT2D eigenvalue weighted by molar-refractivity contribution is 0.377.